The number of carbonyl (C=O) groups is 1. The average molecular weight is 462 g/mol. The fourth-order valence-corrected chi connectivity index (χ4v) is 2.45. The Hall–Kier alpha value is -0.270. The van der Waals surface area contributed by atoms with E-state index in [-0.39, 0.29) is 16.9 Å². The molecule has 4 nitrogen and oxygen atoms in total. The quantitative estimate of drug-likeness (QED) is 0.341. The Morgan fingerprint density at radius 2 is 1.78 bits per heavy atom. The fourth-order valence-electron chi connectivity index (χ4n) is 1.62. The zero-order valence-corrected chi connectivity index (χ0v) is 17.2. The third kappa shape index (κ3) is 8.40. The molecule has 128 valence electrons. The molecule has 1 aromatic carbocycles. The normalized spacial score (nSPS) is 12.7. The Balaban J connectivity index is 2.67. The zero-order valence-electron chi connectivity index (χ0n) is 12.5. The smallest absolute Gasteiger partial charge is 0.228 e. The van der Waals surface area contributed by atoms with Gasteiger partial charge in [0, 0.05) is 16.6 Å². The van der Waals surface area contributed by atoms with Crippen LogP contribution in [0.3, 0.4) is 0 Å². The monoisotopic (exact) mass is 459 g/mol. The van der Waals surface area contributed by atoms with E-state index in [0.717, 1.165) is 10.2 Å². The van der Waals surface area contributed by atoms with E-state index < -0.39 is 9.96 Å². The third-order valence-electron chi connectivity index (χ3n) is 2.60. The molecule has 0 unspecified atom stereocenters. The second kappa shape index (κ2) is 9.28. The summed E-state index contributed by atoms with van der Waals surface area (Å²) in [4.78, 5) is 11.9. The van der Waals surface area contributed by atoms with Crippen LogP contribution < -0.4 is 16.0 Å². The van der Waals surface area contributed by atoms with Crippen molar-refractivity contribution in [3.8, 4) is 0 Å². The van der Waals surface area contributed by atoms with Crippen molar-refractivity contribution >= 4 is 79.7 Å². The summed E-state index contributed by atoms with van der Waals surface area (Å²) >= 11 is 26.3. The van der Waals surface area contributed by atoms with Gasteiger partial charge < -0.3 is 16.0 Å². The van der Waals surface area contributed by atoms with Crippen molar-refractivity contribution in [1.82, 2.24) is 10.6 Å². The molecule has 0 aliphatic rings. The Bertz CT molecular complexity index is 549. The number of carbonyl (C=O) groups excluding carboxylic acids is 1. The molecule has 0 aromatic heterocycles. The van der Waals surface area contributed by atoms with Crippen LogP contribution in [0.25, 0.3) is 0 Å². The molecular formula is C14H17BrCl3N3OS. The highest BCUT2D eigenvalue weighted by atomic mass is 79.9. The van der Waals surface area contributed by atoms with Gasteiger partial charge in [0.25, 0.3) is 0 Å². The third-order valence-corrected chi connectivity index (χ3v) is 4.01. The van der Waals surface area contributed by atoms with Crippen molar-refractivity contribution in [2.24, 2.45) is 5.92 Å². The molecule has 0 bridgehead atoms. The molecular weight excluding hydrogens is 445 g/mol. The molecule has 1 rings (SSSR count). The molecule has 1 atom stereocenters. The van der Waals surface area contributed by atoms with E-state index in [2.05, 4.69) is 31.9 Å². The van der Waals surface area contributed by atoms with Crippen LogP contribution in [0.1, 0.15) is 20.3 Å². The highest BCUT2D eigenvalue weighted by Crippen LogP contribution is 2.29. The number of halogens is 4. The van der Waals surface area contributed by atoms with Crippen LogP contribution in [0.2, 0.25) is 0 Å². The van der Waals surface area contributed by atoms with Gasteiger partial charge in [-0.25, -0.2) is 0 Å². The van der Waals surface area contributed by atoms with Crippen LogP contribution in [0.15, 0.2) is 28.7 Å². The minimum Gasteiger partial charge on any atom is -0.339 e. The number of alkyl halides is 3. The highest BCUT2D eigenvalue weighted by Gasteiger charge is 2.34. The number of hydrogen-bond acceptors (Lipinski definition) is 2. The molecule has 0 saturated carbocycles. The summed E-state index contributed by atoms with van der Waals surface area (Å²) in [6, 6.07) is 7.39. The summed E-state index contributed by atoms with van der Waals surface area (Å²) in [5.74, 6) is -0.0332. The molecule has 3 N–H and O–H groups in total. The van der Waals surface area contributed by atoms with Gasteiger partial charge >= 0.3 is 0 Å². The second-order valence-electron chi connectivity index (χ2n) is 5.25. The van der Waals surface area contributed by atoms with Gasteiger partial charge in [-0.2, -0.15) is 0 Å². The topological polar surface area (TPSA) is 53.2 Å². The largest absolute Gasteiger partial charge is 0.339 e. The van der Waals surface area contributed by atoms with Crippen LogP contribution in [-0.4, -0.2) is 21.0 Å². The summed E-state index contributed by atoms with van der Waals surface area (Å²) in [6.45, 7) is 3.86. The summed E-state index contributed by atoms with van der Waals surface area (Å²) in [5.41, 5.74) is 0.766. The molecule has 0 aliphatic heterocycles. The molecule has 0 heterocycles. The molecule has 0 aliphatic carbocycles. The second-order valence-corrected chi connectivity index (χ2v) is 8.94. The van der Waals surface area contributed by atoms with Crippen molar-refractivity contribution in [3.63, 3.8) is 0 Å². The van der Waals surface area contributed by atoms with Gasteiger partial charge in [-0.15, -0.1) is 0 Å². The first-order valence-electron chi connectivity index (χ1n) is 6.77. The van der Waals surface area contributed by atoms with Crippen molar-refractivity contribution in [2.45, 2.75) is 30.2 Å². The standard InChI is InChI=1S/C14H17BrCl3N3OS/c1-8(2)7-11(22)20-12(14(16,17)18)21-13(23)19-10-5-3-9(15)4-6-10/h3-6,8,12H,7H2,1-2H3,(H,20,22)(H2,19,21,23)/t12-/m0/s1. The van der Waals surface area contributed by atoms with E-state index in [4.69, 9.17) is 47.0 Å². The predicted molar refractivity (Wildman–Crippen MR) is 105 cm³/mol. The van der Waals surface area contributed by atoms with E-state index in [1.165, 1.54) is 0 Å². The molecule has 0 spiro atoms. The van der Waals surface area contributed by atoms with Gasteiger partial charge in [0.1, 0.15) is 6.17 Å². The number of hydrogen-bond donors (Lipinski definition) is 3. The molecule has 23 heavy (non-hydrogen) atoms. The first-order valence-corrected chi connectivity index (χ1v) is 9.10. The van der Waals surface area contributed by atoms with Crippen molar-refractivity contribution < 1.29 is 4.79 Å². The highest BCUT2D eigenvalue weighted by molar-refractivity contribution is 9.10. The van der Waals surface area contributed by atoms with Crippen LogP contribution >= 0.6 is 63.0 Å². The molecule has 1 amide bonds. The summed E-state index contributed by atoms with van der Waals surface area (Å²) in [7, 11) is 0. The summed E-state index contributed by atoms with van der Waals surface area (Å²) in [6.07, 6.45) is -0.625. The molecule has 9 heteroatoms. The van der Waals surface area contributed by atoms with Gasteiger partial charge in [-0.3, -0.25) is 4.79 Å². The lowest BCUT2D eigenvalue weighted by Gasteiger charge is -2.28. The maximum atomic E-state index is 11.9. The van der Waals surface area contributed by atoms with Crippen molar-refractivity contribution in [1.29, 1.82) is 0 Å². The van der Waals surface area contributed by atoms with Crippen molar-refractivity contribution in [2.75, 3.05) is 5.32 Å². The van der Waals surface area contributed by atoms with E-state index in [0.29, 0.717) is 6.42 Å². The summed E-state index contributed by atoms with van der Waals surface area (Å²) < 4.78 is -0.806. The van der Waals surface area contributed by atoms with Gasteiger partial charge in [0.05, 0.1) is 0 Å². The minimum atomic E-state index is -1.75. The van der Waals surface area contributed by atoms with Crippen LogP contribution in [0.5, 0.6) is 0 Å². The number of nitrogens with one attached hydrogen (secondary N) is 3. The number of rotatable bonds is 5. The SMILES string of the molecule is CC(C)CC(=O)N[C@@H](NC(=S)Nc1ccc(Br)cc1)C(Cl)(Cl)Cl. The fraction of sp³-hybridized carbons (Fsp3) is 0.429. The van der Waals surface area contributed by atoms with Crippen LogP contribution in [0.4, 0.5) is 5.69 Å². The number of anilines is 1. The Labute approximate surface area is 164 Å². The molecule has 0 saturated heterocycles. The van der Waals surface area contributed by atoms with Crippen LogP contribution in [-0.2, 0) is 4.79 Å². The lowest BCUT2D eigenvalue weighted by Crippen LogP contribution is -2.56. The Morgan fingerprint density at radius 3 is 2.26 bits per heavy atom. The Kier molecular flexibility index (Phi) is 8.38. The van der Waals surface area contributed by atoms with Gasteiger partial charge in [-0.1, -0.05) is 64.6 Å². The Morgan fingerprint density at radius 1 is 1.22 bits per heavy atom. The van der Waals surface area contributed by atoms with E-state index in [9.17, 15) is 4.79 Å². The van der Waals surface area contributed by atoms with Crippen LogP contribution in [0, 0.1) is 5.92 Å². The number of thiocarbonyl (C=S) groups is 1. The van der Waals surface area contributed by atoms with Crippen molar-refractivity contribution in [3.05, 3.63) is 28.7 Å². The average Bonchev–Trinajstić information content (AvgIpc) is 2.38. The molecule has 1 aromatic rings. The molecule has 0 fully saturated rings. The van der Waals surface area contributed by atoms with E-state index in [1.54, 1.807) is 0 Å². The summed E-state index contributed by atoms with van der Waals surface area (Å²) in [5, 5.41) is 8.63. The lowest BCUT2D eigenvalue weighted by molar-refractivity contribution is -0.122. The van der Waals surface area contributed by atoms with E-state index >= 15 is 0 Å². The van der Waals surface area contributed by atoms with Gasteiger partial charge in [-0.05, 0) is 42.4 Å². The lowest BCUT2D eigenvalue weighted by atomic mass is 10.1. The first kappa shape index (κ1) is 20.8. The van der Waals surface area contributed by atoms with Gasteiger partial charge in [0.2, 0.25) is 9.70 Å². The number of benzene rings is 1. The number of amides is 1. The zero-order chi connectivity index (χ0) is 17.6. The van der Waals surface area contributed by atoms with Gasteiger partial charge in [0.15, 0.2) is 5.11 Å². The predicted octanol–water partition coefficient (Wildman–Crippen LogP) is 4.59. The van der Waals surface area contributed by atoms with E-state index in [1.807, 2.05) is 38.1 Å². The first-order chi connectivity index (χ1) is 10.6. The molecule has 0 radical (unpaired) electrons. The maximum Gasteiger partial charge on any atom is 0.228 e. The maximum absolute atomic E-state index is 11.9. The minimum absolute atomic E-state index is 0.193.